The highest BCUT2D eigenvalue weighted by Crippen LogP contribution is 2.16. The SMILES string of the molecule is CN1CCC(CNC2CCN(CC(N)=O)CC2)CC1. The average Bonchev–Trinajstić information content (AvgIpc) is 2.39. The van der Waals surface area contributed by atoms with Gasteiger partial charge in [-0.05, 0) is 58.3 Å². The van der Waals surface area contributed by atoms with Gasteiger partial charge in [0.2, 0.25) is 5.91 Å². The fraction of sp³-hybridized carbons (Fsp3) is 0.929. The number of hydrogen-bond donors (Lipinski definition) is 2. The summed E-state index contributed by atoms with van der Waals surface area (Å²) in [5, 5.41) is 3.72. The Morgan fingerprint density at radius 2 is 1.79 bits per heavy atom. The molecule has 0 saturated carbocycles. The van der Waals surface area contributed by atoms with Gasteiger partial charge >= 0.3 is 0 Å². The first-order valence-electron chi connectivity index (χ1n) is 7.56. The van der Waals surface area contributed by atoms with Crippen LogP contribution in [0.4, 0.5) is 0 Å². The van der Waals surface area contributed by atoms with E-state index >= 15 is 0 Å². The number of nitrogens with zero attached hydrogens (tertiary/aromatic N) is 2. The van der Waals surface area contributed by atoms with Gasteiger partial charge in [0.05, 0.1) is 6.54 Å². The topological polar surface area (TPSA) is 61.6 Å². The van der Waals surface area contributed by atoms with Crippen molar-refractivity contribution in [3.63, 3.8) is 0 Å². The Hall–Kier alpha value is -0.650. The van der Waals surface area contributed by atoms with Crippen LogP contribution in [0.25, 0.3) is 0 Å². The third kappa shape index (κ3) is 5.09. The van der Waals surface area contributed by atoms with Gasteiger partial charge in [-0.15, -0.1) is 0 Å². The Labute approximate surface area is 116 Å². The van der Waals surface area contributed by atoms with Crippen molar-refractivity contribution in [2.45, 2.75) is 31.7 Å². The van der Waals surface area contributed by atoms with Gasteiger partial charge in [0.1, 0.15) is 0 Å². The van der Waals surface area contributed by atoms with Crippen molar-refractivity contribution < 1.29 is 4.79 Å². The number of nitrogens with one attached hydrogen (secondary N) is 1. The fourth-order valence-corrected chi connectivity index (χ4v) is 3.12. The lowest BCUT2D eigenvalue weighted by molar-refractivity contribution is -0.119. The zero-order valence-electron chi connectivity index (χ0n) is 12.1. The van der Waals surface area contributed by atoms with Crippen LogP contribution in [0, 0.1) is 5.92 Å². The van der Waals surface area contributed by atoms with Crippen molar-refractivity contribution in [1.82, 2.24) is 15.1 Å². The first kappa shape index (κ1) is 14.8. The molecule has 2 rings (SSSR count). The minimum atomic E-state index is -0.210. The lowest BCUT2D eigenvalue weighted by atomic mass is 9.96. The molecule has 2 heterocycles. The van der Waals surface area contributed by atoms with Crippen molar-refractivity contribution in [1.29, 1.82) is 0 Å². The summed E-state index contributed by atoms with van der Waals surface area (Å²) < 4.78 is 0. The number of likely N-dealkylation sites (tertiary alicyclic amines) is 2. The normalized spacial score (nSPS) is 24.7. The van der Waals surface area contributed by atoms with E-state index in [4.69, 9.17) is 5.73 Å². The maximum atomic E-state index is 10.9. The highest BCUT2D eigenvalue weighted by Gasteiger charge is 2.22. The molecule has 0 aromatic heterocycles. The van der Waals surface area contributed by atoms with Crippen LogP contribution in [0.1, 0.15) is 25.7 Å². The van der Waals surface area contributed by atoms with Crippen LogP contribution >= 0.6 is 0 Å². The lowest BCUT2D eigenvalue weighted by Crippen LogP contribution is -2.46. The average molecular weight is 268 g/mol. The van der Waals surface area contributed by atoms with Gasteiger partial charge in [-0.25, -0.2) is 0 Å². The standard InChI is InChI=1S/C14H28N4O/c1-17-6-2-12(3-7-17)10-16-13-4-8-18(9-5-13)11-14(15)19/h12-13,16H,2-11H2,1H3,(H2,15,19). The summed E-state index contributed by atoms with van der Waals surface area (Å²) in [6.07, 6.45) is 4.92. The second kappa shape index (κ2) is 7.22. The van der Waals surface area contributed by atoms with Gasteiger partial charge in [0.25, 0.3) is 0 Å². The van der Waals surface area contributed by atoms with Crippen LogP contribution in [-0.2, 0) is 4.79 Å². The Bertz CT molecular complexity index is 281. The van der Waals surface area contributed by atoms with Gasteiger partial charge in [-0.2, -0.15) is 0 Å². The molecule has 110 valence electrons. The van der Waals surface area contributed by atoms with E-state index in [2.05, 4.69) is 22.2 Å². The minimum absolute atomic E-state index is 0.210. The minimum Gasteiger partial charge on any atom is -0.369 e. The number of carbonyl (C=O) groups is 1. The third-order valence-corrected chi connectivity index (χ3v) is 4.50. The van der Waals surface area contributed by atoms with E-state index in [1.807, 2.05) is 0 Å². The molecule has 0 aromatic rings. The predicted molar refractivity (Wildman–Crippen MR) is 76.9 cm³/mol. The first-order chi connectivity index (χ1) is 9.13. The molecule has 2 fully saturated rings. The molecule has 19 heavy (non-hydrogen) atoms. The van der Waals surface area contributed by atoms with Gasteiger partial charge in [0, 0.05) is 19.1 Å². The van der Waals surface area contributed by atoms with E-state index < -0.39 is 0 Å². The largest absolute Gasteiger partial charge is 0.369 e. The summed E-state index contributed by atoms with van der Waals surface area (Å²) in [7, 11) is 2.21. The van der Waals surface area contributed by atoms with Crippen molar-refractivity contribution in [3.8, 4) is 0 Å². The van der Waals surface area contributed by atoms with Gasteiger partial charge in [-0.3, -0.25) is 9.69 Å². The number of hydrogen-bond acceptors (Lipinski definition) is 4. The number of carbonyl (C=O) groups excluding carboxylic acids is 1. The number of amides is 1. The molecule has 0 aromatic carbocycles. The molecule has 0 radical (unpaired) electrons. The smallest absolute Gasteiger partial charge is 0.231 e. The van der Waals surface area contributed by atoms with Crippen LogP contribution in [0.2, 0.25) is 0 Å². The van der Waals surface area contributed by atoms with Crippen LogP contribution < -0.4 is 11.1 Å². The van der Waals surface area contributed by atoms with E-state index in [9.17, 15) is 4.79 Å². The summed E-state index contributed by atoms with van der Waals surface area (Å²) in [6.45, 7) is 6.05. The number of nitrogens with two attached hydrogens (primary N) is 1. The second-order valence-electron chi connectivity index (χ2n) is 6.17. The molecule has 2 saturated heterocycles. The molecule has 1 amide bonds. The Kier molecular flexibility index (Phi) is 5.60. The van der Waals surface area contributed by atoms with E-state index in [-0.39, 0.29) is 5.91 Å². The Morgan fingerprint density at radius 3 is 2.37 bits per heavy atom. The summed E-state index contributed by atoms with van der Waals surface area (Å²) in [5.74, 6) is 0.637. The molecule has 0 unspecified atom stereocenters. The molecule has 5 heteroatoms. The molecule has 0 spiro atoms. The Balaban J connectivity index is 1.59. The van der Waals surface area contributed by atoms with Crippen LogP contribution in [-0.4, -0.2) is 68.1 Å². The highest BCUT2D eigenvalue weighted by atomic mass is 16.1. The lowest BCUT2D eigenvalue weighted by Gasteiger charge is -2.34. The van der Waals surface area contributed by atoms with E-state index in [1.54, 1.807) is 0 Å². The maximum Gasteiger partial charge on any atom is 0.231 e. The van der Waals surface area contributed by atoms with Crippen LogP contribution in [0.3, 0.4) is 0 Å². The molecule has 0 aliphatic carbocycles. The van der Waals surface area contributed by atoms with E-state index in [1.165, 1.54) is 25.9 Å². The first-order valence-corrected chi connectivity index (χ1v) is 7.56. The molecule has 2 aliphatic rings. The third-order valence-electron chi connectivity index (χ3n) is 4.50. The molecule has 0 bridgehead atoms. The molecular formula is C14H28N4O. The maximum absolute atomic E-state index is 10.9. The number of primary amides is 1. The number of rotatable bonds is 5. The van der Waals surface area contributed by atoms with Crippen LogP contribution in [0.15, 0.2) is 0 Å². The monoisotopic (exact) mass is 268 g/mol. The van der Waals surface area contributed by atoms with Crippen molar-refractivity contribution >= 4 is 5.91 Å². The summed E-state index contributed by atoms with van der Waals surface area (Å²) >= 11 is 0. The highest BCUT2D eigenvalue weighted by molar-refractivity contribution is 5.75. The van der Waals surface area contributed by atoms with E-state index in [0.29, 0.717) is 12.6 Å². The van der Waals surface area contributed by atoms with Gasteiger partial charge in [-0.1, -0.05) is 0 Å². The van der Waals surface area contributed by atoms with Crippen molar-refractivity contribution in [3.05, 3.63) is 0 Å². The molecule has 0 atom stereocenters. The van der Waals surface area contributed by atoms with Crippen LogP contribution in [0.5, 0.6) is 0 Å². The van der Waals surface area contributed by atoms with Crippen molar-refractivity contribution in [2.24, 2.45) is 11.7 Å². The zero-order valence-corrected chi connectivity index (χ0v) is 12.1. The zero-order chi connectivity index (χ0) is 13.7. The molecular weight excluding hydrogens is 240 g/mol. The molecule has 3 N–H and O–H groups in total. The van der Waals surface area contributed by atoms with Gasteiger partial charge in [0.15, 0.2) is 0 Å². The van der Waals surface area contributed by atoms with Crippen molar-refractivity contribution in [2.75, 3.05) is 46.3 Å². The number of piperidine rings is 2. The summed E-state index contributed by atoms with van der Waals surface area (Å²) in [5.41, 5.74) is 5.23. The van der Waals surface area contributed by atoms with E-state index in [0.717, 1.165) is 38.4 Å². The molecule has 5 nitrogen and oxygen atoms in total. The fourth-order valence-electron chi connectivity index (χ4n) is 3.12. The van der Waals surface area contributed by atoms with Gasteiger partial charge < -0.3 is 16.0 Å². The summed E-state index contributed by atoms with van der Waals surface area (Å²) in [4.78, 5) is 15.4. The predicted octanol–water partition coefficient (Wildman–Crippen LogP) is -0.132. The molecule has 2 aliphatic heterocycles. The quantitative estimate of drug-likeness (QED) is 0.729. The summed E-state index contributed by atoms with van der Waals surface area (Å²) in [6, 6.07) is 0.629. The second-order valence-corrected chi connectivity index (χ2v) is 6.17. The Morgan fingerprint density at radius 1 is 1.16 bits per heavy atom.